The quantitative estimate of drug-likeness (QED) is 0.546. The number of anilines is 1. The van der Waals surface area contributed by atoms with E-state index in [2.05, 4.69) is 20.4 Å². The van der Waals surface area contributed by atoms with Crippen LogP contribution >= 0.6 is 0 Å². The third kappa shape index (κ3) is 3.66. The number of amides is 1. The van der Waals surface area contributed by atoms with Crippen molar-refractivity contribution in [2.45, 2.75) is 6.18 Å². The Hall–Kier alpha value is -3.95. The van der Waals surface area contributed by atoms with Crippen molar-refractivity contribution in [2.24, 2.45) is 0 Å². The second-order valence-corrected chi connectivity index (χ2v) is 6.25. The normalized spacial score (nSPS) is 11.5. The van der Waals surface area contributed by atoms with Crippen LogP contribution in [0, 0.1) is 0 Å². The van der Waals surface area contributed by atoms with E-state index in [0.717, 1.165) is 12.3 Å². The van der Waals surface area contributed by atoms with Crippen molar-refractivity contribution in [3.05, 3.63) is 72.3 Å². The first-order valence-electron chi connectivity index (χ1n) is 8.68. The number of fused-ring (bicyclic) bond motifs is 1. The van der Waals surface area contributed by atoms with E-state index < -0.39 is 17.8 Å². The lowest BCUT2D eigenvalue weighted by Crippen LogP contribution is -2.15. The fraction of sp³-hybridized carbons (Fsp3) is 0.100. The summed E-state index contributed by atoms with van der Waals surface area (Å²) in [5.41, 5.74) is -0.544. The highest BCUT2D eigenvalue weighted by Crippen LogP contribution is 2.33. The van der Waals surface area contributed by atoms with Crippen LogP contribution in [0.2, 0.25) is 0 Å². The molecule has 1 aromatic carbocycles. The summed E-state index contributed by atoms with van der Waals surface area (Å²) in [6, 6.07) is 10.6. The second-order valence-electron chi connectivity index (χ2n) is 6.25. The van der Waals surface area contributed by atoms with E-state index in [-0.39, 0.29) is 16.9 Å². The summed E-state index contributed by atoms with van der Waals surface area (Å²) < 4.78 is 46.8. The minimum absolute atomic E-state index is 0.0321. The number of carbonyl (C=O) groups excluding carboxylic acids is 1. The van der Waals surface area contributed by atoms with Gasteiger partial charge in [0, 0.05) is 11.8 Å². The van der Waals surface area contributed by atoms with Gasteiger partial charge in [0.05, 0.1) is 30.9 Å². The van der Waals surface area contributed by atoms with Crippen molar-refractivity contribution in [2.75, 3.05) is 12.4 Å². The molecule has 1 N–H and O–H groups in total. The molecule has 0 unspecified atom stereocenters. The van der Waals surface area contributed by atoms with Gasteiger partial charge in [0.1, 0.15) is 11.3 Å². The maximum absolute atomic E-state index is 13.7. The lowest BCUT2D eigenvalue weighted by atomic mass is 10.1. The van der Waals surface area contributed by atoms with E-state index in [4.69, 9.17) is 4.74 Å². The number of hydrogen-bond donors (Lipinski definition) is 1. The van der Waals surface area contributed by atoms with Gasteiger partial charge < -0.3 is 10.1 Å². The van der Waals surface area contributed by atoms with Crippen LogP contribution in [0.15, 0.2) is 61.1 Å². The highest BCUT2D eigenvalue weighted by atomic mass is 19.4. The van der Waals surface area contributed by atoms with Gasteiger partial charge in [0.2, 0.25) is 0 Å². The van der Waals surface area contributed by atoms with Gasteiger partial charge in [-0.15, -0.1) is 0 Å². The number of alkyl halides is 3. The first kappa shape index (κ1) is 19.4. The van der Waals surface area contributed by atoms with Crippen molar-refractivity contribution in [3.63, 3.8) is 0 Å². The molecule has 0 fully saturated rings. The third-order valence-electron chi connectivity index (χ3n) is 4.29. The minimum atomic E-state index is -4.71. The van der Waals surface area contributed by atoms with Crippen molar-refractivity contribution >= 4 is 17.2 Å². The van der Waals surface area contributed by atoms with Gasteiger partial charge in [0.15, 0.2) is 11.3 Å². The van der Waals surface area contributed by atoms with E-state index in [1.54, 1.807) is 36.4 Å². The van der Waals surface area contributed by atoms with Crippen LogP contribution in [0.5, 0.6) is 5.75 Å². The molecule has 0 saturated carbocycles. The second kappa shape index (κ2) is 7.47. The van der Waals surface area contributed by atoms with E-state index in [9.17, 15) is 18.0 Å². The zero-order valence-corrected chi connectivity index (χ0v) is 15.5. The predicted molar refractivity (Wildman–Crippen MR) is 102 cm³/mol. The summed E-state index contributed by atoms with van der Waals surface area (Å²) >= 11 is 0. The van der Waals surface area contributed by atoms with E-state index in [0.29, 0.717) is 21.5 Å². The molecular formula is C20H14F3N5O2. The number of ether oxygens (including phenoxy) is 1. The smallest absolute Gasteiger partial charge is 0.433 e. The molecule has 4 aromatic rings. The van der Waals surface area contributed by atoms with Crippen LogP contribution in [0.1, 0.15) is 16.1 Å². The average Bonchev–Trinajstić information content (AvgIpc) is 3.17. The predicted octanol–water partition coefficient (Wildman–Crippen LogP) is 4.07. The van der Waals surface area contributed by atoms with E-state index in [1.807, 2.05) is 0 Å². The largest absolute Gasteiger partial charge is 0.497 e. The molecule has 0 aliphatic carbocycles. The highest BCUT2D eigenvalue weighted by molar-refractivity contribution is 6.08. The van der Waals surface area contributed by atoms with Gasteiger partial charge in [-0.1, -0.05) is 12.1 Å². The molecule has 10 heteroatoms. The Morgan fingerprint density at radius 3 is 2.67 bits per heavy atom. The number of benzene rings is 1. The monoisotopic (exact) mass is 413 g/mol. The number of rotatable bonds is 4. The fourth-order valence-corrected chi connectivity index (χ4v) is 2.89. The molecule has 30 heavy (non-hydrogen) atoms. The van der Waals surface area contributed by atoms with Crippen LogP contribution in [0.4, 0.5) is 18.9 Å². The van der Waals surface area contributed by atoms with Crippen LogP contribution in [0.25, 0.3) is 16.9 Å². The summed E-state index contributed by atoms with van der Waals surface area (Å²) in [5, 5.41) is 6.33. The zero-order valence-electron chi connectivity index (χ0n) is 15.5. The molecule has 0 saturated heterocycles. The molecule has 4 rings (SSSR count). The molecule has 152 valence electrons. The van der Waals surface area contributed by atoms with Gasteiger partial charge in [-0.3, -0.25) is 9.78 Å². The molecule has 3 heterocycles. The Labute approximate surface area is 168 Å². The maximum atomic E-state index is 13.7. The standard InChI is InChI=1S/C20H14F3N5O2/c1-30-14-6-2-4-12(8-14)16-9-17(20(21,22)23)28-18(27-16)15(11-25-28)19(29)26-13-5-3-7-24-10-13/h2-11H,1H3,(H,26,29). The molecule has 0 aliphatic rings. The highest BCUT2D eigenvalue weighted by Gasteiger charge is 2.36. The Morgan fingerprint density at radius 1 is 1.13 bits per heavy atom. The molecule has 7 nitrogen and oxygen atoms in total. The maximum Gasteiger partial charge on any atom is 0.433 e. The SMILES string of the molecule is COc1cccc(-c2cc(C(F)(F)F)n3ncc(C(=O)Nc4cccnc4)c3n2)c1. The average molecular weight is 413 g/mol. The van der Waals surface area contributed by atoms with E-state index in [1.165, 1.54) is 19.5 Å². The lowest BCUT2D eigenvalue weighted by Gasteiger charge is -2.12. The Bertz CT molecular complexity index is 1220. The Kier molecular flexibility index (Phi) is 4.82. The summed E-state index contributed by atoms with van der Waals surface area (Å²) in [5.74, 6) is -0.188. The lowest BCUT2D eigenvalue weighted by molar-refractivity contribution is -0.142. The van der Waals surface area contributed by atoms with Crippen LogP contribution in [-0.2, 0) is 6.18 Å². The number of halogens is 3. The van der Waals surface area contributed by atoms with Crippen molar-refractivity contribution in [3.8, 4) is 17.0 Å². The number of carbonyl (C=O) groups is 1. The van der Waals surface area contributed by atoms with Crippen LogP contribution in [-0.4, -0.2) is 32.6 Å². The van der Waals surface area contributed by atoms with Gasteiger partial charge in [-0.2, -0.15) is 18.3 Å². The Balaban J connectivity index is 1.86. The van der Waals surface area contributed by atoms with Gasteiger partial charge in [-0.25, -0.2) is 9.50 Å². The number of methoxy groups -OCH3 is 1. The summed E-state index contributed by atoms with van der Waals surface area (Å²) in [4.78, 5) is 20.8. The molecule has 0 bridgehead atoms. The van der Waals surface area contributed by atoms with Gasteiger partial charge >= 0.3 is 6.18 Å². The number of aromatic nitrogens is 4. The van der Waals surface area contributed by atoms with Gasteiger partial charge in [-0.05, 0) is 30.3 Å². The summed E-state index contributed by atoms with van der Waals surface area (Å²) in [6.45, 7) is 0. The number of hydrogen-bond acceptors (Lipinski definition) is 5. The van der Waals surface area contributed by atoms with Crippen LogP contribution in [0.3, 0.4) is 0 Å². The van der Waals surface area contributed by atoms with E-state index >= 15 is 0 Å². The topological polar surface area (TPSA) is 81.4 Å². The number of pyridine rings is 1. The summed E-state index contributed by atoms with van der Waals surface area (Å²) in [6.07, 6.45) is -0.709. The third-order valence-corrected chi connectivity index (χ3v) is 4.29. The van der Waals surface area contributed by atoms with Crippen molar-refractivity contribution in [1.29, 1.82) is 0 Å². The van der Waals surface area contributed by atoms with Crippen LogP contribution < -0.4 is 10.1 Å². The van der Waals surface area contributed by atoms with Gasteiger partial charge in [0.25, 0.3) is 5.91 Å². The molecule has 3 aromatic heterocycles. The fourth-order valence-electron chi connectivity index (χ4n) is 2.89. The summed E-state index contributed by atoms with van der Waals surface area (Å²) in [7, 11) is 1.45. The van der Waals surface area contributed by atoms with Crippen molar-refractivity contribution < 1.29 is 22.7 Å². The molecule has 0 spiro atoms. The first-order chi connectivity index (χ1) is 14.4. The molecule has 0 aliphatic heterocycles. The number of nitrogens with one attached hydrogen (secondary N) is 1. The number of nitrogens with zero attached hydrogens (tertiary/aromatic N) is 4. The van der Waals surface area contributed by atoms with Crippen molar-refractivity contribution in [1.82, 2.24) is 19.6 Å². The molecule has 0 radical (unpaired) electrons. The minimum Gasteiger partial charge on any atom is -0.497 e. The molecule has 1 amide bonds. The molecular weight excluding hydrogens is 399 g/mol. The first-order valence-corrected chi connectivity index (χ1v) is 8.68. The zero-order chi connectivity index (χ0) is 21.3. The molecule has 0 atom stereocenters. The Morgan fingerprint density at radius 2 is 1.97 bits per heavy atom.